The molecule has 0 N–H and O–H groups in total. The van der Waals surface area contributed by atoms with E-state index < -0.39 is 0 Å². The molecule has 10 aromatic carbocycles. The van der Waals surface area contributed by atoms with Crippen LogP contribution in [-0.4, -0.2) is 19.9 Å². The van der Waals surface area contributed by atoms with Crippen molar-refractivity contribution in [2.75, 3.05) is 9.80 Å². The molecule has 1 unspecified atom stereocenters. The fraction of sp³-hybridized carbons (Fsp3) is 0.0149. The summed E-state index contributed by atoms with van der Waals surface area (Å²) in [4.78, 5) is 25.3. The summed E-state index contributed by atoms with van der Waals surface area (Å²) < 4.78 is 0. The van der Waals surface area contributed by atoms with E-state index in [1.165, 1.54) is 38.9 Å². The summed E-state index contributed by atoms with van der Waals surface area (Å²) in [6.07, 6.45) is 1.91. The second-order valence-corrected chi connectivity index (χ2v) is 18.6. The van der Waals surface area contributed by atoms with E-state index in [0.717, 1.165) is 72.8 Å². The molecule has 0 spiro atoms. The van der Waals surface area contributed by atoms with Crippen LogP contribution in [-0.2, 0) is 0 Å². The molecular weight excluding hydrogens is 889 g/mol. The Morgan fingerprint density at radius 3 is 1.60 bits per heavy atom. The summed E-state index contributed by atoms with van der Waals surface area (Å²) in [6, 6.07) is 90.7. The maximum Gasteiger partial charge on any atom is 0.164 e. The molecule has 2 aliphatic rings. The minimum Gasteiger partial charge on any atom is -0.306 e. The minimum absolute atomic E-state index is 0.00207. The number of aromatic nitrogens is 4. The third kappa shape index (κ3) is 7.35. The Kier molecular flexibility index (Phi) is 10.1. The van der Waals surface area contributed by atoms with Gasteiger partial charge >= 0.3 is 0 Å². The molecule has 342 valence electrons. The second kappa shape index (κ2) is 17.6. The average Bonchev–Trinajstić information content (AvgIpc) is 3.82. The maximum absolute atomic E-state index is 5.21. The van der Waals surface area contributed by atoms with Gasteiger partial charge < -0.3 is 9.80 Å². The second-order valence-electron chi connectivity index (χ2n) is 18.6. The van der Waals surface area contributed by atoms with Crippen molar-refractivity contribution in [1.29, 1.82) is 0 Å². The van der Waals surface area contributed by atoms with E-state index in [9.17, 15) is 0 Å². The highest BCUT2D eigenvalue weighted by molar-refractivity contribution is 6.04. The Morgan fingerprint density at radius 1 is 0.315 bits per heavy atom. The molecule has 0 fully saturated rings. The van der Waals surface area contributed by atoms with E-state index >= 15 is 0 Å². The lowest BCUT2D eigenvalue weighted by molar-refractivity contribution is 1.01. The van der Waals surface area contributed by atoms with Crippen molar-refractivity contribution < 1.29 is 0 Å². The summed E-state index contributed by atoms with van der Waals surface area (Å²) in [5, 5.41) is 2.26. The van der Waals surface area contributed by atoms with Crippen LogP contribution in [0, 0.1) is 0 Å². The summed E-state index contributed by atoms with van der Waals surface area (Å²) in [5.74, 6) is 1.82. The van der Waals surface area contributed by atoms with Crippen LogP contribution in [0.25, 0.3) is 78.4 Å². The van der Waals surface area contributed by atoms with Crippen LogP contribution >= 0.6 is 0 Å². The number of nitrogens with zero attached hydrogens (tertiary/aromatic N) is 6. The summed E-state index contributed by atoms with van der Waals surface area (Å²) >= 11 is 0. The highest BCUT2D eigenvalue weighted by atomic mass is 15.3. The monoisotopic (exact) mass is 932 g/mol. The largest absolute Gasteiger partial charge is 0.306 e. The fourth-order valence-electron chi connectivity index (χ4n) is 11.0. The predicted molar refractivity (Wildman–Crippen MR) is 298 cm³/mol. The predicted octanol–water partition coefficient (Wildman–Crippen LogP) is 17.2. The quantitative estimate of drug-likeness (QED) is 0.151. The number of anilines is 6. The first-order valence-corrected chi connectivity index (χ1v) is 24.7. The van der Waals surface area contributed by atoms with Crippen LogP contribution in [0.3, 0.4) is 0 Å². The fourth-order valence-corrected chi connectivity index (χ4v) is 11.0. The molecule has 0 saturated heterocycles. The van der Waals surface area contributed by atoms with Gasteiger partial charge in [-0.15, -0.1) is 0 Å². The SMILES string of the molecule is c1ccc(-c2ccc3c(c2)C(c2ccc4c(c2)N(c2ccccc2)c2cc(-c5nc(-c6ccccc6)nc(-c6ccccc6)n5)ccc2N4c2cccc(-c4nccc5ccccc45)c2)c2ccccc2-3)cc1. The first-order chi connectivity index (χ1) is 36.2. The van der Waals surface area contributed by atoms with E-state index in [2.05, 4.69) is 228 Å². The van der Waals surface area contributed by atoms with Crippen molar-refractivity contribution in [1.82, 2.24) is 19.9 Å². The molecule has 1 aliphatic carbocycles. The molecule has 6 heteroatoms. The van der Waals surface area contributed by atoms with Crippen LogP contribution in [0.1, 0.15) is 22.6 Å². The van der Waals surface area contributed by atoms with Crippen molar-refractivity contribution in [2.24, 2.45) is 0 Å². The van der Waals surface area contributed by atoms with E-state index in [1.54, 1.807) is 0 Å². The Hall–Kier alpha value is -9.78. The van der Waals surface area contributed by atoms with Crippen LogP contribution in [0.4, 0.5) is 34.1 Å². The van der Waals surface area contributed by atoms with Gasteiger partial charge in [-0.2, -0.15) is 0 Å². The minimum atomic E-state index is -0.00207. The van der Waals surface area contributed by atoms with Gasteiger partial charge in [0.15, 0.2) is 17.5 Å². The van der Waals surface area contributed by atoms with Gasteiger partial charge in [0.2, 0.25) is 0 Å². The molecule has 12 aromatic rings. The van der Waals surface area contributed by atoms with Crippen molar-refractivity contribution in [3.05, 3.63) is 278 Å². The van der Waals surface area contributed by atoms with Crippen molar-refractivity contribution in [3.8, 4) is 67.7 Å². The zero-order valence-corrected chi connectivity index (χ0v) is 39.6. The molecule has 0 bridgehead atoms. The molecule has 14 rings (SSSR count). The Balaban J connectivity index is 1.00. The van der Waals surface area contributed by atoms with Crippen LogP contribution in [0.2, 0.25) is 0 Å². The van der Waals surface area contributed by atoms with E-state index in [1.807, 2.05) is 42.6 Å². The zero-order valence-electron chi connectivity index (χ0n) is 39.6. The van der Waals surface area contributed by atoms with Crippen LogP contribution in [0.5, 0.6) is 0 Å². The van der Waals surface area contributed by atoms with Gasteiger partial charge in [0.1, 0.15) is 0 Å². The van der Waals surface area contributed by atoms with Gasteiger partial charge in [0, 0.05) is 51.1 Å². The van der Waals surface area contributed by atoms with Gasteiger partial charge in [-0.25, -0.2) is 15.0 Å². The van der Waals surface area contributed by atoms with E-state index in [-0.39, 0.29) is 5.92 Å². The van der Waals surface area contributed by atoms with Gasteiger partial charge in [-0.3, -0.25) is 4.98 Å². The number of benzene rings is 10. The molecule has 0 radical (unpaired) electrons. The van der Waals surface area contributed by atoms with Crippen molar-refractivity contribution in [3.63, 3.8) is 0 Å². The first kappa shape index (κ1) is 42.1. The molecular formula is C67H44N6. The highest BCUT2D eigenvalue weighted by Gasteiger charge is 2.35. The molecule has 6 nitrogen and oxygen atoms in total. The number of hydrogen-bond donors (Lipinski definition) is 0. The van der Waals surface area contributed by atoms with Gasteiger partial charge in [-0.05, 0) is 111 Å². The van der Waals surface area contributed by atoms with E-state index in [0.29, 0.717) is 17.5 Å². The first-order valence-electron chi connectivity index (χ1n) is 24.7. The zero-order chi connectivity index (χ0) is 48.2. The van der Waals surface area contributed by atoms with Gasteiger partial charge in [-0.1, -0.05) is 188 Å². The standard InChI is InChI=1S/C67H44N6/c1-5-18-44(19-6-1)48-32-35-56-55-30-15-16-31-57(55)63(58(56)41-48)49-33-36-59-61(42-49)72(52-26-11-4-12-27-52)62-43-51(67-70-65(46-21-7-2-8-22-46)69-66(71-67)47-23-9-3-10-24-47)34-37-60(62)73(59)53-28-17-25-50(40-53)64-54-29-14-13-20-45(54)38-39-68-64/h1-43,63H. The molecule has 1 atom stereocenters. The third-order valence-corrected chi connectivity index (χ3v) is 14.3. The van der Waals surface area contributed by atoms with Crippen molar-refractivity contribution in [2.45, 2.75) is 5.92 Å². The smallest absolute Gasteiger partial charge is 0.164 e. The van der Waals surface area contributed by atoms with E-state index in [4.69, 9.17) is 19.9 Å². The summed E-state index contributed by atoms with van der Waals surface area (Å²) in [7, 11) is 0. The Bertz CT molecular complexity index is 3980. The molecule has 3 heterocycles. The number of pyridine rings is 1. The lowest BCUT2D eigenvalue weighted by atomic mass is 9.87. The van der Waals surface area contributed by atoms with Crippen LogP contribution in [0.15, 0.2) is 261 Å². The molecule has 0 amide bonds. The number of hydrogen-bond acceptors (Lipinski definition) is 6. The Labute approximate surface area is 423 Å². The summed E-state index contributed by atoms with van der Waals surface area (Å²) in [6.45, 7) is 0. The lowest BCUT2D eigenvalue weighted by Gasteiger charge is -2.41. The normalized spacial score (nSPS) is 13.3. The highest BCUT2D eigenvalue weighted by Crippen LogP contribution is 2.57. The number of fused-ring (bicyclic) bond motifs is 6. The van der Waals surface area contributed by atoms with Crippen LogP contribution < -0.4 is 9.80 Å². The third-order valence-electron chi connectivity index (χ3n) is 14.3. The molecule has 1 aliphatic heterocycles. The maximum atomic E-state index is 5.21. The molecule has 2 aromatic heterocycles. The topological polar surface area (TPSA) is 58.0 Å². The molecule has 73 heavy (non-hydrogen) atoms. The molecule has 0 saturated carbocycles. The van der Waals surface area contributed by atoms with Gasteiger partial charge in [0.05, 0.1) is 28.4 Å². The summed E-state index contributed by atoms with van der Waals surface area (Å²) in [5.41, 5.74) is 19.6. The Morgan fingerprint density at radius 2 is 0.863 bits per heavy atom. The van der Waals surface area contributed by atoms with Gasteiger partial charge in [0.25, 0.3) is 0 Å². The van der Waals surface area contributed by atoms with Crippen molar-refractivity contribution >= 4 is 44.9 Å². The number of para-hydroxylation sites is 1. The average molecular weight is 933 g/mol. The lowest BCUT2D eigenvalue weighted by Crippen LogP contribution is -2.24. The number of rotatable bonds is 8.